The first-order valence-electron chi connectivity index (χ1n) is 19.7. The predicted octanol–water partition coefficient (Wildman–Crippen LogP) is 8.47. The van der Waals surface area contributed by atoms with Crippen LogP contribution in [0, 0.1) is 62.1 Å². The molecular formula is C43H62N2O7. The van der Waals surface area contributed by atoms with Crippen molar-refractivity contribution >= 4 is 23.8 Å². The van der Waals surface area contributed by atoms with Crippen LogP contribution in [0.4, 0.5) is 0 Å². The fraction of sp³-hybridized carbons (Fsp3) is 0.744. The zero-order valence-corrected chi connectivity index (χ0v) is 32.8. The van der Waals surface area contributed by atoms with E-state index in [1.165, 1.54) is 6.07 Å². The number of nitrogens with zero attached hydrogens (tertiary/aromatic N) is 1. The van der Waals surface area contributed by atoms with Crippen molar-refractivity contribution in [2.45, 2.75) is 139 Å². The van der Waals surface area contributed by atoms with E-state index in [1.54, 1.807) is 26.1 Å². The van der Waals surface area contributed by atoms with Gasteiger partial charge in [0.1, 0.15) is 6.10 Å². The molecule has 1 amide bonds. The van der Waals surface area contributed by atoms with E-state index in [0.717, 1.165) is 69.8 Å². The summed E-state index contributed by atoms with van der Waals surface area (Å²) in [6.07, 6.45) is 10.8. The number of fused-ring (bicyclic) bond motifs is 7. The first-order valence-corrected chi connectivity index (χ1v) is 19.7. The third-order valence-electron chi connectivity index (χ3n) is 16.4. The van der Waals surface area contributed by atoms with Crippen molar-refractivity contribution < 1.29 is 34.1 Å². The first-order chi connectivity index (χ1) is 24.2. The van der Waals surface area contributed by atoms with Crippen molar-refractivity contribution in [1.29, 1.82) is 0 Å². The summed E-state index contributed by atoms with van der Waals surface area (Å²) >= 11 is 0. The highest BCUT2D eigenvalue weighted by molar-refractivity contribution is 5.89. The van der Waals surface area contributed by atoms with E-state index in [2.05, 4.69) is 58.4 Å². The number of hydrogen-bond acceptors (Lipinski definition) is 6. The smallest absolute Gasteiger partial charge is 0.337 e. The molecule has 5 fully saturated rings. The zero-order chi connectivity index (χ0) is 38.2. The third kappa shape index (κ3) is 5.73. The number of aliphatic carboxylic acids is 1. The van der Waals surface area contributed by atoms with Crippen molar-refractivity contribution in [1.82, 2.24) is 10.3 Å². The lowest BCUT2D eigenvalue weighted by molar-refractivity contribution is -0.249. The Kier molecular flexibility index (Phi) is 9.60. The molecule has 0 aliphatic heterocycles. The standard InChI is InChI=1S/C43H62N2O7/c1-25(2)26-14-19-43(36(49)45-24-29-27(35(47)48)11-10-22-44-29)21-20-41(8)28(34(26)43)12-13-31-40(7)17-16-32(52-33(46)23-38(3,4)37(50)51)39(5,6)30(40)15-18-42(31,41)9/h10-11,22,26,28,30-32,34H,1,12-21,23-24H2,2-9H3,(H,45,49)(H,47,48)(H,50,51)/t26-,28+,30-,31+,32-,34+,40-,41+,42+,43-/m0/s1. The molecule has 1 aromatic heterocycles. The van der Waals surface area contributed by atoms with Gasteiger partial charge in [0.25, 0.3) is 0 Å². The number of pyridine rings is 1. The number of aromatic nitrogens is 1. The Bertz CT molecular complexity index is 1650. The Morgan fingerprint density at radius 2 is 1.63 bits per heavy atom. The average molecular weight is 719 g/mol. The van der Waals surface area contributed by atoms with Gasteiger partial charge in [-0.3, -0.25) is 19.4 Å². The average Bonchev–Trinajstić information content (AvgIpc) is 3.46. The van der Waals surface area contributed by atoms with Crippen LogP contribution in [-0.4, -0.2) is 45.1 Å². The number of rotatable bonds is 9. The van der Waals surface area contributed by atoms with Gasteiger partial charge in [0.05, 0.1) is 35.1 Å². The molecule has 0 bridgehead atoms. The Labute approximate surface area is 310 Å². The minimum absolute atomic E-state index is 0.0315. The molecule has 52 heavy (non-hydrogen) atoms. The quantitative estimate of drug-likeness (QED) is 0.171. The van der Waals surface area contributed by atoms with Gasteiger partial charge >= 0.3 is 17.9 Å². The normalized spacial score (nSPS) is 39.2. The molecule has 0 radical (unpaired) electrons. The number of nitrogens with one attached hydrogen (secondary N) is 1. The number of carboxylic acid groups (broad SMARTS) is 2. The van der Waals surface area contributed by atoms with Gasteiger partial charge in [-0.25, -0.2) is 4.79 Å². The number of ether oxygens (including phenoxy) is 1. The molecule has 0 unspecified atom stereocenters. The van der Waals surface area contributed by atoms with Crippen LogP contribution in [0.15, 0.2) is 30.5 Å². The summed E-state index contributed by atoms with van der Waals surface area (Å²) in [6.45, 7) is 22.0. The van der Waals surface area contributed by atoms with E-state index >= 15 is 0 Å². The summed E-state index contributed by atoms with van der Waals surface area (Å²) in [6, 6.07) is 3.14. The van der Waals surface area contributed by atoms with Crippen LogP contribution in [0.25, 0.3) is 0 Å². The van der Waals surface area contributed by atoms with Crippen LogP contribution in [0.2, 0.25) is 0 Å². The molecule has 5 saturated carbocycles. The molecular weight excluding hydrogens is 656 g/mol. The summed E-state index contributed by atoms with van der Waals surface area (Å²) in [7, 11) is 0. The third-order valence-corrected chi connectivity index (χ3v) is 16.4. The molecule has 1 heterocycles. The molecule has 10 atom stereocenters. The van der Waals surface area contributed by atoms with Gasteiger partial charge in [0.15, 0.2) is 0 Å². The molecule has 9 heteroatoms. The molecule has 3 N–H and O–H groups in total. The summed E-state index contributed by atoms with van der Waals surface area (Å²) in [4.78, 5) is 55.5. The molecule has 5 aliphatic carbocycles. The van der Waals surface area contributed by atoms with Gasteiger partial charge in [0, 0.05) is 11.6 Å². The second kappa shape index (κ2) is 13.0. The Balaban J connectivity index is 1.25. The second-order valence-electron chi connectivity index (χ2n) is 19.5. The highest BCUT2D eigenvalue weighted by Crippen LogP contribution is 2.77. The Hall–Kier alpha value is -3.23. The number of hydrogen-bond donors (Lipinski definition) is 3. The highest BCUT2D eigenvalue weighted by atomic mass is 16.5. The lowest BCUT2D eigenvalue weighted by Crippen LogP contribution is -2.67. The number of amides is 1. The van der Waals surface area contributed by atoms with Crippen molar-refractivity contribution in [3.8, 4) is 0 Å². The lowest BCUT2D eigenvalue weighted by Gasteiger charge is -2.72. The van der Waals surface area contributed by atoms with E-state index in [0.29, 0.717) is 23.4 Å². The maximum atomic E-state index is 14.5. The van der Waals surface area contributed by atoms with E-state index in [9.17, 15) is 29.4 Å². The van der Waals surface area contributed by atoms with Crippen LogP contribution in [0.3, 0.4) is 0 Å². The van der Waals surface area contributed by atoms with E-state index in [-0.39, 0.29) is 64.0 Å². The van der Waals surface area contributed by atoms with E-state index in [4.69, 9.17) is 4.74 Å². The monoisotopic (exact) mass is 718 g/mol. The Morgan fingerprint density at radius 3 is 2.29 bits per heavy atom. The second-order valence-corrected chi connectivity index (χ2v) is 19.5. The Morgan fingerprint density at radius 1 is 0.923 bits per heavy atom. The SMILES string of the molecule is C=C(C)[C@@H]1CC[C@]2(C(=O)NCc3ncccc3C(=O)O)CC[C@]3(C)[C@H](CC[C@@H]4[C@@]5(C)CC[C@H](OC(=O)CC(C)(C)C(=O)O)C(C)(C)[C@@H]5CC[C@]43C)[C@@H]12. The molecule has 0 saturated heterocycles. The maximum absolute atomic E-state index is 14.5. The minimum atomic E-state index is -1.17. The summed E-state index contributed by atoms with van der Waals surface area (Å²) in [5.41, 5.74) is -0.123. The molecule has 1 aromatic rings. The van der Waals surface area contributed by atoms with Crippen molar-refractivity contribution in [3.63, 3.8) is 0 Å². The van der Waals surface area contributed by atoms with Gasteiger partial charge < -0.3 is 20.3 Å². The summed E-state index contributed by atoms with van der Waals surface area (Å²) in [5.74, 6) is -0.770. The fourth-order valence-electron chi connectivity index (χ4n) is 13.5. The van der Waals surface area contributed by atoms with Gasteiger partial charge in [-0.1, -0.05) is 46.8 Å². The van der Waals surface area contributed by atoms with Gasteiger partial charge in [-0.2, -0.15) is 0 Å². The highest BCUT2D eigenvalue weighted by Gasteiger charge is 2.72. The van der Waals surface area contributed by atoms with Crippen LogP contribution in [-0.2, 0) is 25.7 Å². The van der Waals surface area contributed by atoms with E-state index < -0.39 is 28.7 Å². The van der Waals surface area contributed by atoms with Crippen LogP contribution >= 0.6 is 0 Å². The summed E-state index contributed by atoms with van der Waals surface area (Å²) < 4.78 is 6.15. The molecule has 5 aliphatic rings. The van der Waals surface area contributed by atoms with Gasteiger partial charge in [0.2, 0.25) is 5.91 Å². The van der Waals surface area contributed by atoms with Gasteiger partial charge in [-0.05, 0) is 143 Å². The molecule has 9 nitrogen and oxygen atoms in total. The molecule has 6 rings (SSSR count). The fourth-order valence-corrected chi connectivity index (χ4v) is 13.5. The molecule has 0 spiro atoms. The van der Waals surface area contributed by atoms with E-state index in [1.807, 2.05) is 0 Å². The predicted molar refractivity (Wildman–Crippen MR) is 198 cm³/mol. The van der Waals surface area contributed by atoms with Crippen molar-refractivity contribution in [2.24, 2.45) is 62.1 Å². The van der Waals surface area contributed by atoms with Crippen LogP contribution in [0.5, 0.6) is 0 Å². The molecule has 0 aromatic carbocycles. The van der Waals surface area contributed by atoms with Crippen LogP contribution in [0.1, 0.15) is 142 Å². The lowest BCUT2D eigenvalue weighted by atomic mass is 9.32. The number of carbonyl (C=O) groups is 4. The largest absolute Gasteiger partial charge is 0.481 e. The molecule has 286 valence electrons. The number of carbonyl (C=O) groups excluding carboxylic acids is 2. The van der Waals surface area contributed by atoms with Crippen molar-refractivity contribution in [2.75, 3.05) is 0 Å². The number of aromatic carboxylic acids is 1. The van der Waals surface area contributed by atoms with Gasteiger partial charge in [-0.15, -0.1) is 0 Å². The van der Waals surface area contributed by atoms with Crippen molar-refractivity contribution in [3.05, 3.63) is 41.7 Å². The number of esters is 1. The first kappa shape index (κ1) is 38.5. The maximum Gasteiger partial charge on any atom is 0.337 e. The topological polar surface area (TPSA) is 143 Å². The minimum Gasteiger partial charge on any atom is -0.481 e. The summed E-state index contributed by atoms with van der Waals surface area (Å²) in [5, 5.41) is 22.5. The van der Waals surface area contributed by atoms with Crippen LogP contribution < -0.4 is 5.32 Å². The number of carboxylic acids is 2. The zero-order valence-electron chi connectivity index (χ0n) is 32.8. The number of allylic oxidation sites excluding steroid dienone is 1.